The summed E-state index contributed by atoms with van der Waals surface area (Å²) in [6.45, 7) is 10.5. The van der Waals surface area contributed by atoms with E-state index in [1.807, 2.05) is 0 Å². The number of rotatable bonds is 3. The lowest BCUT2D eigenvalue weighted by atomic mass is 10.1. The van der Waals surface area contributed by atoms with Gasteiger partial charge in [-0.15, -0.1) is 0 Å². The molecule has 2 fully saturated rings. The molecule has 4 nitrogen and oxygen atoms in total. The first-order valence-electron chi connectivity index (χ1n) is 6.91. The van der Waals surface area contributed by atoms with Gasteiger partial charge >= 0.3 is 0 Å². The third kappa shape index (κ3) is 2.99. The van der Waals surface area contributed by atoms with E-state index in [-0.39, 0.29) is 0 Å². The molecule has 2 rings (SSSR count). The second-order valence-corrected chi connectivity index (χ2v) is 5.87. The van der Waals surface area contributed by atoms with E-state index in [9.17, 15) is 5.11 Å². The zero-order valence-electron chi connectivity index (χ0n) is 11.5. The van der Waals surface area contributed by atoms with Crippen molar-refractivity contribution in [2.75, 3.05) is 46.4 Å². The molecule has 0 spiro atoms. The van der Waals surface area contributed by atoms with E-state index in [4.69, 9.17) is 0 Å². The van der Waals surface area contributed by atoms with E-state index in [1.54, 1.807) is 0 Å². The van der Waals surface area contributed by atoms with Crippen molar-refractivity contribution in [2.45, 2.75) is 38.4 Å². The fourth-order valence-electron chi connectivity index (χ4n) is 3.18. The summed E-state index contributed by atoms with van der Waals surface area (Å²) >= 11 is 0. The maximum Gasteiger partial charge on any atom is 0.0599 e. The van der Waals surface area contributed by atoms with Gasteiger partial charge in [-0.05, 0) is 27.3 Å². The molecule has 2 unspecified atom stereocenters. The van der Waals surface area contributed by atoms with Gasteiger partial charge in [-0.25, -0.2) is 0 Å². The summed E-state index contributed by atoms with van der Waals surface area (Å²) in [5.41, 5.74) is 0. The number of hydrogen-bond donors (Lipinski definition) is 1. The minimum atomic E-state index is 0.294. The highest BCUT2D eigenvalue weighted by atomic mass is 16.3. The molecule has 0 aromatic heterocycles. The smallest absolute Gasteiger partial charge is 0.0599 e. The number of likely N-dealkylation sites (N-methyl/N-ethyl adjacent to an activating group) is 1. The normalized spacial score (nSPS) is 33.7. The minimum absolute atomic E-state index is 0.294. The maximum atomic E-state index is 9.53. The van der Waals surface area contributed by atoms with E-state index in [2.05, 4.69) is 35.6 Å². The highest BCUT2D eigenvalue weighted by Crippen LogP contribution is 2.21. The van der Waals surface area contributed by atoms with Crippen LogP contribution < -0.4 is 0 Å². The Morgan fingerprint density at radius 1 is 1.18 bits per heavy atom. The average molecular weight is 241 g/mol. The monoisotopic (exact) mass is 241 g/mol. The van der Waals surface area contributed by atoms with Crippen LogP contribution >= 0.6 is 0 Å². The molecular weight excluding hydrogens is 214 g/mol. The van der Waals surface area contributed by atoms with E-state index in [0.717, 1.165) is 19.6 Å². The lowest BCUT2D eigenvalue weighted by molar-refractivity contribution is 0.0224. The lowest BCUT2D eigenvalue weighted by Crippen LogP contribution is -2.57. The molecule has 0 aromatic carbocycles. The first-order chi connectivity index (χ1) is 8.11. The molecule has 4 heteroatoms. The molecule has 2 atom stereocenters. The van der Waals surface area contributed by atoms with Crippen LogP contribution in [0.15, 0.2) is 0 Å². The van der Waals surface area contributed by atoms with Gasteiger partial charge in [0.1, 0.15) is 0 Å². The number of aliphatic hydroxyl groups is 1. The first kappa shape index (κ1) is 13.3. The summed E-state index contributed by atoms with van der Waals surface area (Å²) in [6.07, 6.45) is 1.26. The average Bonchev–Trinajstić information content (AvgIpc) is 2.78. The van der Waals surface area contributed by atoms with Gasteiger partial charge in [0.05, 0.1) is 6.61 Å². The van der Waals surface area contributed by atoms with E-state index < -0.39 is 0 Å². The van der Waals surface area contributed by atoms with Crippen molar-refractivity contribution in [3.05, 3.63) is 0 Å². The number of piperazine rings is 1. The van der Waals surface area contributed by atoms with E-state index >= 15 is 0 Å². The molecule has 1 N–H and O–H groups in total. The van der Waals surface area contributed by atoms with Crippen LogP contribution in [-0.2, 0) is 0 Å². The second-order valence-electron chi connectivity index (χ2n) is 5.87. The maximum absolute atomic E-state index is 9.53. The lowest BCUT2D eigenvalue weighted by Gasteiger charge is -2.42. The number of aliphatic hydroxyl groups excluding tert-OH is 1. The Hall–Kier alpha value is -0.160. The molecule has 100 valence electrons. The number of likely N-dealkylation sites (tertiary alicyclic amines) is 1. The second kappa shape index (κ2) is 5.65. The molecule has 2 saturated heterocycles. The predicted octanol–water partition coefficient (Wildman–Crippen LogP) is 0.0774. The standard InChI is InChI=1S/C13H27N3O/c1-11(2)15-5-4-12(9-15)16-7-6-14(3)8-13(16)10-17/h11-13,17H,4-10H2,1-3H3. The third-order valence-electron chi connectivity index (χ3n) is 4.34. The summed E-state index contributed by atoms with van der Waals surface area (Å²) in [5.74, 6) is 0. The van der Waals surface area contributed by atoms with Gasteiger partial charge in [-0.2, -0.15) is 0 Å². The SMILES string of the molecule is CC(C)N1CCC(N2CCN(C)CC2CO)C1. The first-order valence-corrected chi connectivity index (χ1v) is 6.91. The zero-order chi connectivity index (χ0) is 12.4. The van der Waals surface area contributed by atoms with Crippen LogP contribution in [0.5, 0.6) is 0 Å². The van der Waals surface area contributed by atoms with Crippen molar-refractivity contribution in [3.63, 3.8) is 0 Å². The van der Waals surface area contributed by atoms with Crippen LogP contribution in [0.3, 0.4) is 0 Å². The minimum Gasteiger partial charge on any atom is -0.395 e. The van der Waals surface area contributed by atoms with Crippen LogP contribution in [-0.4, -0.2) is 84.3 Å². The van der Waals surface area contributed by atoms with Gasteiger partial charge in [0.25, 0.3) is 0 Å². The Labute approximate surface area is 105 Å². The molecule has 2 aliphatic rings. The summed E-state index contributed by atoms with van der Waals surface area (Å²) < 4.78 is 0. The summed E-state index contributed by atoms with van der Waals surface area (Å²) in [6, 6.07) is 1.65. The molecule has 2 heterocycles. The Morgan fingerprint density at radius 3 is 2.53 bits per heavy atom. The molecule has 0 aliphatic carbocycles. The van der Waals surface area contributed by atoms with E-state index in [1.165, 1.54) is 19.5 Å². The van der Waals surface area contributed by atoms with Crippen LogP contribution in [0.1, 0.15) is 20.3 Å². The van der Waals surface area contributed by atoms with Crippen molar-refractivity contribution in [1.29, 1.82) is 0 Å². The van der Waals surface area contributed by atoms with Crippen LogP contribution in [0.4, 0.5) is 0 Å². The predicted molar refractivity (Wildman–Crippen MR) is 70.2 cm³/mol. The molecule has 0 bridgehead atoms. The molecule has 0 saturated carbocycles. The summed E-state index contributed by atoms with van der Waals surface area (Å²) in [5, 5.41) is 9.53. The summed E-state index contributed by atoms with van der Waals surface area (Å²) in [4.78, 5) is 7.42. The van der Waals surface area contributed by atoms with Gasteiger partial charge in [-0.3, -0.25) is 9.80 Å². The Morgan fingerprint density at radius 2 is 1.94 bits per heavy atom. The molecule has 17 heavy (non-hydrogen) atoms. The van der Waals surface area contributed by atoms with Crippen molar-refractivity contribution in [3.8, 4) is 0 Å². The van der Waals surface area contributed by atoms with Crippen molar-refractivity contribution < 1.29 is 5.11 Å². The van der Waals surface area contributed by atoms with Crippen LogP contribution in [0.2, 0.25) is 0 Å². The van der Waals surface area contributed by atoms with Crippen LogP contribution in [0.25, 0.3) is 0 Å². The van der Waals surface area contributed by atoms with Crippen LogP contribution in [0, 0.1) is 0 Å². The third-order valence-corrected chi connectivity index (χ3v) is 4.34. The largest absolute Gasteiger partial charge is 0.395 e. The Balaban J connectivity index is 1.93. The fraction of sp³-hybridized carbons (Fsp3) is 1.00. The molecule has 0 amide bonds. The van der Waals surface area contributed by atoms with Crippen molar-refractivity contribution in [2.24, 2.45) is 0 Å². The number of nitrogens with zero attached hydrogens (tertiary/aromatic N) is 3. The molecule has 2 aliphatic heterocycles. The van der Waals surface area contributed by atoms with Crippen molar-refractivity contribution >= 4 is 0 Å². The fourth-order valence-corrected chi connectivity index (χ4v) is 3.18. The number of hydrogen-bond acceptors (Lipinski definition) is 4. The Kier molecular flexibility index (Phi) is 4.42. The van der Waals surface area contributed by atoms with E-state index in [0.29, 0.717) is 24.7 Å². The van der Waals surface area contributed by atoms with Crippen molar-refractivity contribution in [1.82, 2.24) is 14.7 Å². The summed E-state index contributed by atoms with van der Waals surface area (Å²) in [7, 11) is 2.15. The van der Waals surface area contributed by atoms with Gasteiger partial charge in [0, 0.05) is 50.8 Å². The van der Waals surface area contributed by atoms with Gasteiger partial charge in [0.2, 0.25) is 0 Å². The molecular formula is C13H27N3O. The van der Waals surface area contributed by atoms with Gasteiger partial charge in [-0.1, -0.05) is 0 Å². The zero-order valence-corrected chi connectivity index (χ0v) is 11.5. The molecule has 0 radical (unpaired) electrons. The quantitative estimate of drug-likeness (QED) is 0.758. The Bertz CT molecular complexity index is 247. The topological polar surface area (TPSA) is 30.0 Å². The molecule has 0 aromatic rings. The van der Waals surface area contributed by atoms with Gasteiger partial charge in [0.15, 0.2) is 0 Å². The highest BCUT2D eigenvalue weighted by Gasteiger charge is 2.34. The van der Waals surface area contributed by atoms with Gasteiger partial charge < -0.3 is 10.0 Å². The highest BCUT2D eigenvalue weighted by molar-refractivity contribution is 4.91.